The number of methoxy groups -OCH3 is 1. The molecule has 0 aliphatic heterocycles. The quantitative estimate of drug-likeness (QED) is 0.535. The summed E-state index contributed by atoms with van der Waals surface area (Å²) in [6.07, 6.45) is 0.532. The minimum absolute atomic E-state index is 0.00563. The number of carbonyl (C=O) groups excluding carboxylic acids is 2. The average molecular weight is 401 g/mol. The molecular formula is C18H25BrO5. The van der Waals surface area contributed by atoms with Gasteiger partial charge in [0.25, 0.3) is 0 Å². The van der Waals surface area contributed by atoms with Gasteiger partial charge in [-0.05, 0) is 32.8 Å². The molecule has 0 fully saturated rings. The van der Waals surface area contributed by atoms with Crippen LogP contribution in [0.25, 0.3) is 0 Å². The van der Waals surface area contributed by atoms with Crippen LogP contribution in [0.2, 0.25) is 0 Å². The van der Waals surface area contributed by atoms with Gasteiger partial charge in [0.1, 0.15) is 12.0 Å². The Morgan fingerprint density at radius 3 is 2.25 bits per heavy atom. The SMILES string of the molecule is COC(=O)C(C)(CO)COC(=O)C(C)(C)CC(Br)c1ccccc1. The molecule has 0 amide bonds. The van der Waals surface area contributed by atoms with Crippen molar-refractivity contribution >= 4 is 27.9 Å². The van der Waals surface area contributed by atoms with Crippen LogP contribution in [0.5, 0.6) is 0 Å². The average Bonchev–Trinajstić information content (AvgIpc) is 2.58. The number of aliphatic hydroxyl groups excluding tert-OH is 1. The van der Waals surface area contributed by atoms with Gasteiger partial charge in [-0.3, -0.25) is 9.59 Å². The summed E-state index contributed by atoms with van der Waals surface area (Å²) in [7, 11) is 1.23. The van der Waals surface area contributed by atoms with Crippen LogP contribution < -0.4 is 0 Å². The highest BCUT2D eigenvalue weighted by Crippen LogP contribution is 2.37. The molecule has 1 rings (SSSR count). The van der Waals surface area contributed by atoms with Crippen LogP contribution >= 0.6 is 15.9 Å². The molecule has 0 aliphatic carbocycles. The maximum absolute atomic E-state index is 12.4. The van der Waals surface area contributed by atoms with Crippen LogP contribution in [0.15, 0.2) is 30.3 Å². The fourth-order valence-electron chi connectivity index (χ4n) is 2.15. The van der Waals surface area contributed by atoms with Crippen molar-refractivity contribution in [2.24, 2.45) is 10.8 Å². The third kappa shape index (κ3) is 5.31. The summed E-state index contributed by atoms with van der Waals surface area (Å²) in [5, 5.41) is 9.40. The Hall–Kier alpha value is -1.40. The van der Waals surface area contributed by atoms with Gasteiger partial charge in [0, 0.05) is 4.83 Å². The lowest BCUT2D eigenvalue weighted by Gasteiger charge is -2.29. The van der Waals surface area contributed by atoms with E-state index in [0.717, 1.165) is 5.56 Å². The molecule has 1 N–H and O–H groups in total. The molecule has 134 valence electrons. The molecule has 0 aliphatic rings. The maximum Gasteiger partial charge on any atom is 0.317 e. The Bertz CT molecular complexity index is 558. The first kappa shape index (κ1) is 20.6. The van der Waals surface area contributed by atoms with E-state index in [1.54, 1.807) is 13.8 Å². The zero-order chi connectivity index (χ0) is 18.4. The van der Waals surface area contributed by atoms with Gasteiger partial charge in [-0.1, -0.05) is 46.3 Å². The number of alkyl halides is 1. The number of ether oxygens (including phenoxy) is 2. The van der Waals surface area contributed by atoms with Crippen LogP contribution in [0.3, 0.4) is 0 Å². The summed E-state index contributed by atoms with van der Waals surface area (Å²) in [6.45, 7) is 4.40. The largest absolute Gasteiger partial charge is 0.468 e. The number of esters is 2. The third-order valence-corrected chi connectivity index (χ3v) is 4.80. The third-order valence-electron chi connectivity index (χ3n) is 3.95. The number of hydrogen-bond acceptors (Lipinski definition) is 5. The van der Waals surface area contributed by atoms with E-state index in [9.17, 15) is 14.7 Å². The van der Waals surface area contributed by atoms with E-state index < -0.39 is 29.4 Å². The van der Waals surface area contributed by atoms with Crippen molar-refractivity contribution in [3.8, 4) is 0 Å². The molecule has 0 radical (unpaired) electrons. The lowest BCUT2D eigenvalue weighted by atomic mass is 9.86. The van der Waals surface area contributed by atoms with Crippen LogP contribution in [0.1, 0.15) is 37.6 Å². The van der Waals surface area contributed by atoms with Crippen molar-refractivity contribution in [1.29, 1.82) is 0 Å². The zero-order valence-corrected chi connectivity index (χ0v) is 16.1. The number of halogens is 1. The lowest BCUT2D eigenvalue weighted by molar-refractivity contribution is -0.168. The molecule has 5 nitrogen and oxygen atoms in total. The van der Waals surface area contributed by atoms with Crippen molar-refractivity contribution in [3.63, 3.8) is 0 Å². The Kier molecular flexibility index (Phi) is 7.42. The van der Waals surface area contributed by atoms with Crippen LogP contribution in [-0.2, 0) is 19.1 Å². The minimum atomic E-state index is -1.26. The second-order valence-electron chi connectivity index (χ2n) is 6.75. The van der Waals surface area contributed by atoms with E-state index in [-0.39, 0.29) is 11.4 Å². The first-order valence-electron chi connectivity index (χ1n) is 7.72. The van der Waals surface area contributed by atoms with E-state index in [0.29, 0.717) is 6.42 Å². The molecule has 0 saturated heterocycles. The highest BCUT2D eigenvalue weighted by molar-refractivity contribution is 9.09. The highest BCUT2D eigenvalue weighted by Gasteiger charge is 2.38. The predicted molar refractivity (Wildman–Crippen MR) is 94.7 cm³/mol. The number of benzene rings is 1. The topological polar surface area (TPSA) is 72.8 Å². The molecule has 0 bridgehead atoms. The summed E-state index contributed by atoms with van der Waals surface area (Å²) in [4.78, 5) is 24.1. The standard InChI is InChI=1S/C18H25BrO5/c1-17(2,10-14(19)13-8-6-5-7-9-13)15(21)24-12-18(3,11-20)16(22)23-4/h5-9,14,20H,10-12H2,1-4H3. The molecule has 1 aromatic rings. The van der Waals surface area contributed by atoms with Crippen molar-refractivity contribution < 1.29 is 24.2 Å². The Balaban J connectivity index is 2.70. The summed E-state index contributed by atoms with van der Waals surface area (Å²) < 4.78 is 9.95. The van der Waals surface area contributed by atoms with Gasteiger partial charge < -0.3 is 14.6 Å². The Labute approximate surface area is 151 Å². The minimum Gasteiger partial charge on any atom is -0.468 e. The first-order valence-corrected chi connectivity index (χ1v) is 8.63. The Morgan fingerprint density at radius 2 is 1.75 bits per heavy atom. The molecule has 1 aromatic carbocycles. The number of hydrogen-bond donors (Lipinski definition) is 1. The van der Waals surface area contributed by atoms with Gasteiger partial charge in [-0.25, -0.2) is 0 Å². The van der Waals surface area contributed by atoms with Crippen LogP contribution in [0, 0.1) is 10.8 Å². The fraction of sp³-hybridized carbons (Fsp3) is 0.556. The van der Waals surface area contributed by atoms with Gasteiger partial charge >= 0.3 is 11.9 Å². The Morgan fingerprint density at radius 1 is 1.17 bits per heavy atom. The van der Waals surface area contributed by atoms with Gasteiger partial charge in [0.05, 0.1) is 19.1 Å². The van der Waals surface area contributed by atoms with Crippen molar-refractivity contribution in [3.05, 3.63) is 35.9 Å². The zero-order valence-electron chi connectivity index (χ0n) is 14.5. The summed E-state index contributed by atoms with van der Waals surface area (Å²) in [6, 6.07) is 9.79. The lowest BCUT2D eigenvalue weighted by Crippen LogP contribution is -2.40. The van der Waals surface area contributed by atoms with E-state index >= 15 is 0 Å². The van der Waals surface area contributed by atoms with E-state index in [1.807, 2.05) is 30.3 Å². The van der Waals surface area contributed by atoms with Crippen LogP contribution in [-0.4, -0.2) is 37.4 Å². The second-order valence-corrected chi connectivity index (χ2v) is 7.86. The summed E-state index contributed by atoms with van der Waals surface area (Å²) >= 11 is 3.61. The number of aliphatic hydroxyl groups is 1. The second kappa shape index (κ2) is 8.62. The normalized spacial score (nSPS) is 15.2. The van der Waals surface area contributed by atoms with Gasteiger partial charge in [-0.15, -0.1) is 0 Å². The monoisotopic (exact) mass is 400 g/mol. The van der Waals surface area contributed by atoms with E-state index in [1.165, 1.54) is 14.0 Å². The maximum atomic E-state index is 12.4. The smallest absolute Gasteiger partial charge is 0.317 e. The summed E-state index contributed by atoms with van der Waals surface area (Å²) in [5.74, 6) is -1.04. The predicted octanol–water partition coefficient (Wildman–Crippen LogP) is 3.25. The molecular weight excluding hydrogens is 376 g/mol. The van der Waals surface area contributed by atoms with E-state index in [4.69, 9.17) is 4.74 Å². The molecule has 0 spiro atoms. The first-order chi connectivity index (χ1) is 11.2. The van der Waals surface area contributed by atoms with Crippen molar-refractivity contribution in [2.45, 2.75) is 32.0 Å². The van der Waals surface area contributed by atoms with Gasteiger partial charge in [0.15, 0.2) is 0 Å². The number of carbonyl (C=O) groups is 2. The molecule has 24 heavy (non-hydrogen) atoms. The molecule has 0 heterocycles. The molecule has 2 atom stereocenters. The summed E-state index contributed by atoms with van der Waals surface area (Å²) in [5.41, 5.74) is -0.933. The van der Waals surface area contributed by atoms with Gasteiger partial charge in [0.2, 0.25) is 0 Å². The molecule has 0 aromatic heterocycles. The number of rotatable bonds is 8. The van der Waals surface area contributed by atoms with Crippen molar-refractivity contribution in [1.82, 2.24) is 0 Å². The highest BCUT2D eigenvalue weighted by atomic mass is 79.9. The van der Waals surface area contributed by atoms with Crippen molar-refractivity contribution in [2.75, 3.05) is 20.3 Å². The molecule has 6 heteroatoms. The molecule has 2 unspecified atom stereocenters. The molecule has 0 saturated carbocycles. The fourth-order valence-corrected chi connectivity index (χ4v) is 3.26. The van der Waals surface area contributed by atoms with E-state index in [2.05, 4.69) is 20.7 Å². The van der Waals surface area contributed by atoms with Gasteiger partial charge in [-0.2, -0.15) is 0 Å². The van der Waals surface area contributed by atoms with Crippen LogP contribution in [0.4, 0.5) is 0 Å².